The summed E-state index contributed by atoms with van der Waals surface area (Å²) in [5.74, 6) is 1.72. The van der Waals surface area contributed by atoms with E-state index in [1.165, 1.54) is 11.1 Å². The summed E-state index contributed by atoms with van der Waals surface area (Å²) < 4.78 is 0. The molecule has 0 atom stereocenters. The van der Waals surface area contributed by atoms with Gasteiger partial charge in [0.1, 0.15) is 0 Å². The number of ketones is 1. The molecule has 132 valence electrons. The van der Waals surface area contributed by atoms with Crippen molar-refractivity contribution in [3.63, 3.8) is 0 Å². The highest BCUT2D eigenvalue weighted by molar-refractivity contribution is 7.99. The lowest BCUT2D eigenvalue weighted by Crippen LogP contribution is -2.14. The molecule has 1 amide bonds. The summed E-state index contributed by atoms with van der Waals surface area (Å²) in [6.07, 6.45) is 0.496. The lowest BCUT2D eigenvalue weighted by molar-refractivity contribution is -0.116. The molecule has 1 N–H and O–H groups in total. The summed E-state index contributed by atoms with van der Waals surface area (Å²) in [7, 11) is 0. The molecule has 0 bridgehead atoms. The average molecular weight is 356 g/mol. The first-order valence-corrected chi connectivity index (χ1v) is 9.66. The number of amides is 1. The molecule has 3 nitrogen and oxygen atoms in total. The fourth-order valence-corrected chi connectivity index (χ4v) is 3.43. The molecular formula is C21H25NO2S. The van der Waals surface area contributed by atoms with Gasteiger partial charge in [-0.25, -0.2) is 0 Å². The lowest BCUT2D eigenvalue weighted by Gasteiger charge is -2.08. The largest absolute Gasteiger partial charge is 0.326 e. The van der Waals surface area contributed by atoms with Crippen LogP contribution in [0.15, 0.2) is 48.5 Å². The number of anilines is 1. The van der Waals surface area contributed by atoms with E-state index >= 15 is 0 Å². The molecule has 25 heavy (non-hydrogen) atoms. The molecule has 0 aliphatic heterocycles. The van der Waals surface area contributed by atoms with Crippen molar-refractivity contribution in [2.45, 2.75) is 32.9 Å². The van der Waals surface area contributed by atoms with Gasteiger partial charge in [0.2, 0.25) is 5.91 Å². The molecule has 2 rings (SSSR count). The Morgan fingerprint density at radius 2 is 1.72 bits per heavy atom. The zero-order chi connectivity index (χ0) is 18.2. The number of thioether (sulfide) groups is 1. The van der Waals surface area contributed by atoms with Gasteiger partial charge in [0, 0.05) is 23.4 Å². The zero-order valence-corrected chi connectivity index (χ0v) is 15.9. The minimum Gasteiger partial charge on any atom is -0.326 e. The summed E-state index contributed by atoms with van der Waals surface area (Å²) in [5, 5.41) is 2.85. The third-order valence-corrected chi connectivity index (χ3v) is 4.82. The molecule has 2 aromatic rings. The van der Waals surface area contributed by atoms with E-state index in [1.54, 1.807) is 36.0 Å². The summed E-state index contributed by atoms with van der Waals surface area (Å²) in [4.78, 5) is 24.1. The van der Waals surface area contributed by atoms with E-state index in [0.717, 1.165) is 11.4 Å². The van der Waals surface area contributed by atoms with Gasteiger partial charge in [-0.1, -0.05) is 38.1 Å². The van der Waals surface area contributed by atoms with Crippen molar-refractivity contribution in [1.29, 1.82) is 0 Å². The molecule has 0 unspecified atom stereocenters. The first-order valence-electron chi connectivity index (χ1n) is 8.51. The molecule has 0 aliphatic rings. The van der Waals surface area contributed by atoms with Crippen molar-refractivity contribution in [2.24, 2.45) is 5.92 Å². The van der Waals surface area contributed by atoms with E-state index in [0.29, 0.717) is 23.7 Å². The molecule has 0 saturated carbocycles. The van der Waals surface area contributed by atoms with Crippen LogP contribution in [0.25, 0.3) is 0 Å². The Morgan fingerprint density at radius 3 is 2.36 bits per heavy atom. The molecule has 4 heteroatoms. The maximum atomic E-state index is 12.3. The Hall–Kier alpha value is -2.07. The van der Waals surface area contributed by atoms with Gasteiger partial charge in [-0.05, 0) is 48.2 Å². The Kier molecular flexibility index (Phi) is 7.26. The maximum absolute atomic E-state index is 12.3. The normalized spacial score (nSPS) is 10.7. The van der Waals surface area contributed by atoms with Crippen LogP contribution in [0.1, 0.15) is 41.8 Å². The summed E-state index contributed by atoms with van der Waals surface area (Å²) in [6, 6.07) is 15.4. The number of aryl methyl sites for hydroxylation is 1. The number of hydrogen-bond donors (Lipinski definition) is 1. The van der Waals surface area contributed by atoms with Crippen LogP contribution < -0.4 is 5.32 Å². The average Bonchev–Trinajstić information content (AvgIpc) is 2.56. The van der Waals surface area contributed by atoms with Gasteiger partial charge in [0.05, 0.1) is 5.75 Å². The van der Waals surface area contributed by atoms with E-state index in [9.17, 15) is 9.59 Å². The topological polar surface area (TPSA) is 46.2 Å². The zero-order valence-electron chi connectivity index (χ0n) is 15.0. The first-order chi connectivity index (χ1) is 12.0. The summed E-state index contributed by atoms with van der Waals surface area (Å²) >= 11 is 1.63. The minimum atomic E-state index is 0.00265. The van der Waals surface area contributed by atoms with Gasteiger partial charge < -0.3 is 5.32 Å². The van der Waals surface area contributed by atoms with Crippen molar-refractivity contribution in [2.75, 3.05) is 11.1 Å². The van der Waals surface area contributed by atoms with Crippen LogP contribution in [-0.2, 0) is 10.5 Å². The fourth-order valence-electron chi connectivity index (χ4n) is 2.43. The highest BCUT2D eigenvalue weighted by Crippen LogP contribution is 2.18. The molecule has 0 radical (unpaired) electrons. The number of carbonyl (C=O) groups is 2. The number of carbonyl (C=O) groups excluding carboxylic acids is 2. The van der Waals surface area contributed by atoms with Crippen molar-refractivity contribution in [1.82, 2.24) is 0 Å². The predicted octanol–water partition coefficient (Wildman–Crippen LogP) is 5.10. The second-order valence-corrected chi connectivity index (χ2v) is 7.55. The second kappa shape index (κ2) is 9.42. The molecule has 0 aliphatic carbocycles. The van der Waals surface area contributed by atoms with Crippen LogP contribution in [0.4, 0.5) is 5.69 Å². The van der Waals surface area contributed by atoms with E-state index in [1.807, 2.05) is 26.0 Å². The van der Waals surface area contributed by atoms with Crippen LogP contribution in [0, 0.1) is 12.8 Å². The molecule has 0 spiro atoms. The molecule has 0 aromatic heterocycles. The number of hydrogen-bond acceptors (Lipinski definition) is 3. The Labute approximate surface area is 154 Å². The van der Waals surface area contributed by atoms with Gasteiger partial charge in [-0.2, -0.15) is 0 Å². The van der Waals surface area contributed by atoms with Gasteiger partial charge in [-0.15, -0.1) is 11.8 Å². The van der Waals surface area contributed by atoms with E-state index in [4.69, 9.17) is 0 Å². The van der Waals surface area contributed by atoms with Gasteiger partial charge >= 0.3 is 0 Å². The highest BCUT2D eigenvalue weighted by Gasteiger charge is 2.09. The number of nitrogens with one attached hydrogen (secondary N) is 1. The lowest BCUT2D eigenvalue weighted by atomic mass is 10.1. The third-order valence-electron chi connectivity index (χ3n) is 3.84. The van der Waals surface area contributed by atoms with E-state index in [-0.39, 0.29) is 11.7 Å². The smallest absolute Gasteiger partial charge is 0.224 e. The standard InChI is InChI=1S/C21H25NO2S/c1-15(2)12-21(24)22-19-10-8-17(9-11-19)20(23)14-25-13-18-7-5-4-6-16(18)3/h4-11,15H,12-14H2,1-3H3,(H,22,24). The molecule has 2 aromatic carbocycles. The predicted molar refractivity (Wildman–Crippen MR) is 106 cm³/mol. The van der Waals surface area contributed by atoms with Gasteiger partial charge in [0.15, 0.2) is 5.78 Å². The SMILES string of the molecule is Cc1ccccc1CSCC(=O)c1ccc(NC(=O)CC(C)C)cc1. The van der Waals surface area contributed by atoms with Crippen molar-refractivity contribution < 1.29 is 9.59 Å². The quantitative estimate of drug-likeness (QED) is 0.670. The van der Waals surface area contributed by atoms with Crippen molar-refractivity contribution in [3.8, 4) is 0 Å². The van der Waals surface area contributed by atoms with Crippen LogP contribution in [0.3, 0.4) is 0 Å². The molecule has 0 saturated heterocycles. The van der Waals surface area contributed by atoms with Gasteiger partial charge in [-0.3, -0.25) is 9.59 Å². The number of benzene rings is 2. The second-order valence-electron chi connectivity index (χ2n) is 6.57. The van der Waals surface area contributed by atoms with E-state index in [2.05, 4.69) is 24.4 Å². The maximum Gasteiger partial charge on any atom is 0.224 e. The Morgan fingerprint density at radius 1 is 1.04 bits per heavy atom. The van der Waals surface area contributed by atoms with Crippen LogP contribution in [0.2, 0.25) is 0 Å². The van der Waals surface area contributed by atoms with E-state index < -0.39 is 0 Å². The summed E-state index contributed by atoms with van der Waals surface area (Å²) in [5.41, 5.74) is 3.93. The van der Waals surface area contributed by atoms with Crippen molar-refractivity contribution in [3.05, 3.63) is 65.2 Å². The highest BCUT2D eigenvalue weighted by atomic mass is 32.2. The van der Waals surface area contributed by atoms with Crippen LogP contribution in [-0.4, -0.2) is 17.4 Å². The Bertz CT molecular complexity index is 723. The van der Waals surface area contributed by atoms with Crippen LogP contribution in [0.5, 0.6) is 0 Å². The summed E-state index contributed by atoms with van der Waals surface area (Å²) in [6.45, 7) is 6.11. The number of rotatable bonds is 8. The van der Waals surface area contributed by atoms with Gasteiger partial charge in [0.25, 0.3) is 0 Å². The van der Waals surface area contributed by atoms with Crippen LogP contribution >= 0.6 is 11.8 Å². The monoisotopic (exact) mass is 355 g/mol. The third kappa shape index (κ3) is 6.39. The minimum absolute atomic E-state index is 0.00265. The number of Topliss-reactive ketones (excluding diaryl/α,β-unsaturated/α-hetero) is 1. The first kappa shape index (κ1) is 19.3. The fraction of sp³-hybridized carbons (Fsp3) is 0.333. The molecular weight excluding hydrogens is 330 g/mol. The van der Waals surface area contributed by atoms with Crippen molar-refractivity contribution >= 4 is 29.1 Å². The molecule has 0 heterocycles. The Balaban J connectivity index is 1.84. The molecule has 0 fully saturated rings.